The molecule has 2 aromatic carbocycles. The highest BCUT2D eigenvalue weighted by molar-refractivity contribution is 7.90. The highest BCUT2D eigenvalue weighted by atomic mass is 35.5. The fourth-order valence-corrected chi connectivity index (χ4v) is 4.09. The third-order valence-corrected chi connectivity index (χ3v) is 6.00. The van der Waals surface area contributed by atoms with Crippen molar-refractivity contribution >= 4 is 45.1 Å². The van der Waals surface area contributed by atoms with E-state index in [4.69, 9.17) is 11.6 Å². The molecule has 3 rings (SSSR count). The Morgan fingerprint density at radius 1 is 1.16 bits per heavy atom. The van der Waals surface area contributed by atoms with E-state index in [0.29, 0.717) is 18.8 Å². The first-order chi connectivity index (χ1) is 14.5. The van der Waals surface area contributed by atoms with Gasteiger partial charge in [0.05, 0.1) is 10.5 Å². The van der Waals surface area contributed by atoms with E-state index in [1.807, 2.05) is 0 Å². The molecule has 0 fully saturated rings. The van der Waals surface area contributed by atoms with Crippen LogP contribution in [-0.4, -0.2) is 26.7 Å². The number of anilines is 1. The van der Waals surface area contributed by atoms with E-state index < -0.39 is 27.7 Å². The van der Waals surface area contributed by atoms with Crippen LogP contribution in [-0.2, 0) is 21.0 Å². The maximum Gasteiger partial charge on any atom is 0.416 e. The van der Waals surface area contributed by atoms with Crippen LogP contribution >= 0.6 is 11.6 Å². The Morgan fingerprint density at radius 3 is 2.61 bits per heavy atom. The quantitative estimate of drug-likeness (QED) is 0.630. The number of aliphatic imine (C=N–C) groups is 1. The first-order valence-electron chi connectivity index (χ1n) is 9.07. The number of halogens is 4. The molecule has 0 unspecified atom stereocenters. The van der Waals surface area contributed by atoms with Gasteiger partial charge in [-0.15, -0.1) is 0 Å². The normalized spacial score (nSPS) is 14.5. The van der Waals surface area contributed by atoms with Crippen LogP contribution in [0.3, 0.4) is 0 Å². The molecule has 0 spiro atoms. The first kappa shape index (κ1) is 22.8. The number of alkyl halides is 3. The molecule has 0 aromatic heterocycles. The molecule has 1 heterocycles. The monoisotopic (exact) mass is 471 g/mol. The zero-order valence-electron chi connectivity index (χ0n) is 15.9. The number of carbonyl (C=O) groups is 1. The Balaban J connectivity index is 1.72. The van der Waals surface area contributed by atoms with E-state index in [-0.39, 0.29) is 21.2 Å². The Kier molecular flexibility index (Phi) is 6.71. The first-order valence-corrected chi connectivity index (χ1v) is 10.9. The predicted octanol–water partition coefficient (Wildman–Crippen LogP) is 4.48. The van der Waals surface area contributed by atoms with Crippen molar-refractivity contribution in [1.29, 1.82) is 0 Å². The van der Waals surface area contributed by atoms with Crippen LogP contribution in [0.15, 0.2) is 58.4 Å². The molecule has 0 bridgehead atoms. The highest BCUT2D eigenvalue weighted by Gasteiger charge is 2.30. The van der Waals surface area contributed by atoms with Crippen molar-refractivity contribution in [1.82, 2.24) is 4.72 Å². The third-order valence-electron chi connectivity index (χ3n) is 4.28. The summed E-state index contributed by atoms with van der Waals surface area (Å²) in [6.07, 6.45) is -1.07. The topological polar surface area (TPSA) is 87.6 Å². The Hall–Kier alpha value is -2.85. The standard InChI is InChI=1S/C20H17ClF3N3O3S/c21-17-8-7-14(20(22,23)24)11-13(17)6-9-19(28)26-15-3-1-4-16(12-15)31(29,30)27-18-5-2-10-25-18/h1,3-4,6-9,11-12H,2,5,10H2,(H,25,27)(H,26,28)/b9-6+. The largest absolute Gasteiger partial charge is 0.416 e. The summed E-state index contributed by atoms with van der Waals surface area (Å²) in [5.74, 6) is -0.286. The van der Waals surface area contributed by atoms with Crippen LogP contribution in [0, 0.1) is 0 Å². The lowest BCUT2D eigenvalue weighted by Crippen LogP contribution is -2.29. The van der Waals surface area contributed by atoms with E-state index in [2.05, 4.69) is 15.0 Å². The Morgan fingerprint density at radius 2 is 1.94 bits per heavy atom. The molecule has 0 saturated heterocycles. The number of nitrogens with zero attached hydrogens (tertiary/aromatic N) is 1. The SMILES string of the molecule is O=C(/C=C/c1cc(C(F)(F)F)ccc1Cl)Nc1cccc(S(=O)(=O)NC2=NCCC2)c1. The summed E-state index contributed by atoms with van der Waals surface area (Å²) >= 11 is 5.90. The molecule has 0 aliphatic carbocycles. The second kappa shape index (κ2) is 9.11. The number of rotatable bonds is 5. The number of sulfonamides is 1. The third kappa shape index (κ3) is 6.08. The predicted molar refractivity (Wildman–Crippen MR) is 112 cm³/mol. The van der Waals surface area contributed by atoms with Crippen molar-refractivity contribution in [2.45, 2.75) is 23.9 Å². The lowest BCUT2D eigenvalue weighted by atomic mass is 10.1. The van der Waals surface area contributed by atoms with Gasteiger partial charge in [0.2, 0.25) is 5.91 Å². The van der Waals surface area contributed by atoms with Crippen molar-refractivity contribution < 1.29 is 26.4 Å². The fraction of sp³-hybridized carbons (Fsp3) is 0.200. The molecule has 1 aliphatic rings. The number of carbonyl (C=O) groups excluding carboxylic acids is 1. The summed E-state index contributed by atoms with van der Waals surface area (Å²) in [6, 6.07) is 8.33. The van der Waals surface area contributed by atoms with E-state index in [9.17, 15) is 26.4 Å². The van der Waals surface area contributed by atoms with Gasteiger partial charge in [-0.05, 0) is 54.5 Å². The van der Waals surface area contributed by atoms with Crippen molar-refractivity contribution in [3.8, 4) is 0 Å². The molecule has 1 amide bonds. The molecule has 164 valence electrons. The van der Waals surface area contributed by atoms with E-state index in [0.717, 1.165) is 36.8 Å². The zero-order valence-corrected chi connectivity index (χ0v) is 17.5. The molecular weight excluding hydrogens is 455 g/mol. The molecule has 31 heavy (non-hydrogen) atoms. The number of nitrogens with one attached hydrogen (secondary N) is 2. The zero-order chi connectivity index (χ0) is 22.6. The van der Waals surface area contributed by atoms with Gasteiger partial charge in [0.25, 0.3) is 10.0 Å². The average molecular weight is 472 g/mol. The van der Waals surface area contributed by atoms with Gasteiger partial charge in [-0.1, -0.05) is 17.7 Å². The summed E-state index contributed by atoms with van der Waals surface area (Å²) < 4.78 is 65.9. The Labute approximate surface area is 181 Å². The lowest BCUT2D eigenvalue weighted by molar-refractivity contribution is -0.137. The second-order valence-electron chi connectivity index (χ2n) is 6.62. The van der Waals surface area contributed by atoms with Crippen LogP contribution in [0.25, 0.3) is 6.08 Å². The van der Waals surface area contributed by atoms with Crippen LogP contribution in [0.2, 0.25) is 5.02 Å². The molecule has 2 N–H and O–H groups in total. The highest BCUT2D eigenvalue weighted by Crippen LogP contribution is 2.32. The molecule has 0 radical (unpaired) electrons. The summed E-state index contributed by atoms with van der Waals surface area (Å²) in [5, 5.41) is 2.52. The smallest absolute Gasteiger partial charge is 0.322 e. The number of benzene rings is 2. The van der Waals surface area contributed by atoms with Gasteiger partial charge in [-0.2, -0.15) is 13.2 Å². The summed E-state index contributed by atoms with van der Waals surface area (Å²) in [5.41, 5.74) is -0.681. The van der Waals surface area contributed by atoms with E-state index in [1.165, 1.54) is 24.3 Å². The summed E-state index contributed by atoms with van der Waals surface area (Å²) in [6.45, 7) is 0.566. The van der Waals surface area contributed by atoms with Gasteiger partial charge in [0, 0.05) is 29.8 Å². The van der Waals surface area contributed by atoms with Crippen LogP contribution in [0.4, 0.5) is 18.9 Å². The number of amides is 1. The van der Waals surface area contributed by atoms with Crippen LogP contribution < -0.4 is 10.0 Å². The minimum Gasteiger partial charge on any atom is -0.322 e. The number of hydrogen-bond donors (Lipinski definition) is 2. The maximum absolute atomic E-state index is 12.8. The minimum absolute atomic E-state index is 0.0181. The van der Waals surface area contributed by atoms with Crippen LogP contribution in [0.5, 0.6) is 0 Å². The van der Waals surface area contributed by atoms with Gasteiger partial charge < -0.3 is 5.32 Å². The molecule has 2 aromatic rings. The molecule has 11 heteroatoms. The molecule has 0 atom stereocenters. The number of amidine groups is 1. The van der Waals surface area contributed by atoms with Crippen molar-refractivity contribution in [3.05, 3.63) is 64.7 Å². The van der Waals surface area contributed by atoms with Crippen molar-refractivity contribution in [2.75, 3.05) is 11.9 Å². The second-order valence-corrected chi connectivity index (χ2v) is 8.71. The average Bonchev–Trinajstić information content (AvgIpc) is 3.19. The molecule has 1 aliphatic heterocycles. The van der Waals surface area contributed by atoms with Gasteiger partial charge in [-0.25, -0.2) is 8.42 Å². The van der Waals surface area contributed by atoms with Gasteiger partial charge in [0.1, 0.15) is 5.84 Å². The molecule has 6 nitrogen and oxygen atoms in total. The summed E-state index contributed by atoms with van der Waals surface area (Å²) in [7, 11) is -3.86. The fourth-order valence-electron chi connectivity index (χ4n) is 2.78. The molecular formula is C20H17ClF3N3O3S. The van der Waals surface area contributed by atoms with Gasteiger partial charge in [-0.3, -0.25) is 14.5 Å². The van der Waals surface area contributed by atoms with Gasteiger partial charge in [0.15, 0.2) is 0 Å². The van der Waals surface area contributed by atoms with Crippen molar-refractivity contribution in [2.24, 2.45) is 4.99 Å². The van der Waals surface area contributed by atoms with Gasteiger partial charge >= 0.3 is 6.18 Å². The van der Waals surface area contributed by atoms with Crippen LogP contribution in [0.1, 0.15) is 24.0 Å². The number of hydrogen-bond acceptors (Lipinski definition) is 4. The van der Waals surface area contributed by atoms with E-state index >= 15 is 0 Å². The maximum atomic E-state index is 12.8. The minimum atomic E-state index is -4.54. The van der Waals surface area contributed by atoms with E-state index in [1.54, 1.807) is 0 Å². The molecule has 0 saturated carbocycles. The Bertz CT molecular complexity index is 1160. The van der Waals surface area contributed by atoms with Crippen molar-refractivity contribution in [3.63, 3.8) is 0 Å². The lowest BCUT2D eigenvalue weighted by Gasteiger charge is -2.09. The summed E-state index contributed by atoms with van der Waals surface area (Å²) in [4.78, 5) is 16.2.